The summed E-state index contributed by atoms with van der Waals surface area (Å²) in [7, 11) is 0. The van der Waals surface area contributed by atoms with Gasteiger partial charge in [0, 0.05) is 13.0 Å². The molecule has 1 N–H and O–H groups in total. The van der Waals surface area contributed by atoms with E-state index in [1.165, 1.54) is 0 Å². The minimum Gasteiger partial charge on any atom is -0.411 e. The van der Waals surface area contributed by atoms with E-state index in [0.29, 0.717) is 40.5 Å². The topological polar surface area (TPSA) is 79.9 Å². The van der Waals surface area contributed by atoms with E-state index in [1.807, 2.05) is 13.0 Å². The van der Waals surface area contributed by atoms with Crippen LogP contribution in [0.5, 0.6) is 0 Å². The fourth-order valence-electron chi connectivity index (χ4n) is 3.36. The minimum absolute atomic E-state index is 0.125. The number of oxime groups is 1. The van der Waals surface area contributed by atoms with Gasteiger partial charge < -0.3 is 10.1 Å². The fraction of sp³-hybridized carbons (Fsp3) is 0.400. The highest BCUT2D eigenvalue weighted by Crippen LogP contribution is 2.38. The predicted octanol–water partition coefficient (Wildman–Crippen LogP) is 2.75. The third-order valence-corrected chi connectivity index (χ3v) is 4.96. The van der Waals surface area contributed by atoms with Crippen LogP contribution in [0.15, 0.2) is 17.3 Å². The summed E-state index contributed by atoms with van der Waals surface area (Å²) in [5.41, 5.74) is 2.40. The summed E-state index contributed by atoms with van der Waals surface area (Å²) < 4.78 is 0. The van der Waals surface area contributed by atoms with Gasteiger partial charge in [-0.15, -0.1) is 0 Å². The van der Waals surface area contributed by atoms with E-state index in [1.54, 1.807) is 28.9 Å². The van der Waals surface area contributed by atoms with Crippen molar-refractivity contribution >= 4 is 29.0 Å². The number of carbonyl (C=O) groups excluding carboxylic acids is 1. The molecule has 2 atom stereocenters. The van der Waals surface area contributed by atoms with E-state index >= 15 is 0 Å². The van der Waals surface area contributed by atoms with Crippen LogP contribution >= 0.6 is 11.6 Å². The van der Waals surface area contributed by atoms with E-state index in [4.69, 9.17) is 22.1 Å². The van der Waals surface area contributed by atoms with E-state index in [-0.39, 0.29) is 18.1 Å². The normalized spacial score (nSPS) is 25.7. The Labute approximate surface area is 133 Å². The molecule has 1 aromatic carbocycles. The molecule has 0 bridgehead atoms. The van der Waals surface area contributed by atoms with Crippen molar-refractivity contribution in [3.05, 3.63) is 28.3 Å². The van der Waals surface area contributed by atoms with E-state index in [2.05, 4.69) is 5.16 Å². The molecule has 2 heterocycles. The SMILES string of the molecule is Cc1c(N2C(=O)N3CCC(=NO)[C@@H]3[C@H]2C)ccc(C#N)c1Cl. The molecule has 0 radical (unpaired) electrons. The van der Waals surface area contributed by atoms with Crippen molar-refractivity contribution in [2.45, 2.75) is 32.4 Å². The van der Waals surface area contributed by atoms with Gasteiger partial charge in [-0.25, -0.2) is 4.79 Å². The second-order valence-electron chi connectivity index (χ2n) is 5.56. The maximum atomic E-state index is 12.7. The smallest absolute Gasteiger partial charge is 0.325 e. The highest BCUT2D eigenvalue weighted by molar-refractivity contribution is 6.33. The highest BCUT2D eigenvalue weighted by Gasteiger charge is 2.50. The monoisotopic (exact) mass is 318 g/mol. The molecule has 2 saturated heterocycles. The molecule has 0 aromatic heterocycles. The Morgan fingerprint density at radius 2 is 2.23 bits per heavy atom. The molecular weight excluding hydrogens is 304 g/mol. The zero-order chi connectivity index (χ0) is 16.0. The molecule has 6 nitrogen and oxygen atoms in total. The highest BCUT2D eigenvalue weighted by atomic mass is 35.5. The van der Waals surface area contributed by atoms with Crippen LogP contribution < -0.4 is 4.90 Å². The molecule has 2 fully saturated rings. The maximum Gasteiger partial charge on any atom is 0.325 e. The van der Waals surface area contributed by atoms with Gasteiger partial charge in [0.05, 0.1) is 34.1 Å². The summed E-state index contributed by atoms with van der Waals surface area (Å²) in [5, 5.41) is 21.9. The number of hydrogen-bond acceptors (Lipinski definition) is 4. The van der Waals surface area contributed by atoms with E-state index < -0.39 is 0 Å². The van der Waals surface area contributed by atoms with Crippen molar-refractivity contribution in [3.63, 3.8) is 0 Å². The first kappa shape index (κ1) is 14.7. The summed E-state index contributed by atoms with van der Waals surface area (Å²) in [5.74, 6) is 0. The van der Waals surface area contributed by atoms with Gasteiger partial charge in [-0.3, -0.25) is 4.90 Å². The van der Waals surface area contributed by atoms with Crippen molar-refractivity contribution in [2.24, 2.45) is 5.16 Å². The standard InChI is InChI=1S/C15H15ClN4O2/c1-8-12(4-3-10(7-17)13(8)16)20-9(2)14-11(18-22)5-6-19(14)15(20)21/h3-4,9,14,22H,5-6H2,1-2H3/t9-,14+/m1/s1. The summed E-state index contributed by atoms with van der Waals surface area (Å²) in [6.45, 7) is 4.26. The van der Waals surface area contributed by atoms with Crippen molar-refractivity contribution < 1.29 is 10.0 Å². The lowest BCUT2D eigenvalue weighted by molar-refractivity contribution is 0.221. The second-order valence-corrected chi connectivity index (χ2v) is 5.93. The van der Waals surface area contributed by atoms with Gasteiger partial charge in [-0.1, -0.05) is 16.8 Å². The Morgan fingerprint density at radius 1 is 1.50 bits per heavy atom. The minimum atomic E-state index is -0.216. The molecular formula is C15H15ClN4O2. The van der Waals surface area contributed by atoms with Crippen LogP contribution in [0.25, 0.3) is 0 Å². The van der Waals surface area contributed by atoms with Gasteiger partial charge in [0.25, 0.3) is 0 Å². The average molecular weight is 319 g/mol. The predicted molar refractivity (Wildman–Crippen MR) is 82.6 cm³/mol. The van der Waals surface area contributed by atoms with Crippen LogP contribution in [0.3, 0.4) is 0 Å². The van der Waals surface area contributed by atoms with Crippen LogP contribution in [0.4, 0.5) is 10.5 Å². The van der Waals surface area contributed by atoms with Crippen LogP contribution in [0.2, 0.25) is 5.02 Å². The van der Waals surface area contributed by atoms with Gasteiger partial charge in [0.15, 0.2) is 0 Å². The molecule has 22 heavy (non-hydrogen) atoms. The molecule has 0 unspecified atom stereocenters. The maximum absolute atomic E-state index is 12.7. The Morgan fingerprint density at radius 3 is 2.86 bits per heavy atom. The molecule has 2 aliphatic heterocycles. The number of anilines is 1. The molecule has 114 valence electrons. The number of nitriles is 1. The lowest BCUT2D eigenvalue weighted by Crippen LogP contribution is -2.37. The summed E-state index contributed by atoms with van der Waals surface area (Å²) in [6, 6.07) is 4.89. The first-order valence-corrected chi connectivity index (χ1v) is 7.39. The molecule has 1 aromatic rings. The third kappa shape index (κ3) is 1.86. The van der Waals surface area contributed by atoms with Gasteiger partial charge >= 0.3 is 6.03 Å². The van der Waals surface area contributed by atoms with Crippen molar-refractivity contribution in [3.8, 4) is 6.07 Å². The van der Waals surface area contributed by atoms with Crippen LogP contribution in [-0.2, 0) is 0 Å². The number of amides is 2. The Kier molecular flexibility index (Phi) is 3.45. The molecule has 0 aliphatic carbocycles. The number of halogens is 1. The van der Waals surface area contributed by atoms with E-state index in [0.717, 1.165) is 0 Å². The Bertz CT molecular complexity index is 725. The van der Waals surface area contributed by atoms with E-state index in [9.17, 15) is 4.79 Å². The zero-order valence-corrected chi connectivity index (χ0v) is 13.0. The van der Waals surface area contributed by atoms with Crippen LogP contribution in [0, 0.1) is 18.3 Å². The Hall–Kier alpha value is -2.26. The second kappa shape index (κ2) is 5.18. The van der Waals surface area contributed by atoms with Crippen molar-refractivity contribution in [1.29, 1.82) is 5.26 Å². The molecule has 2 amide bonds. The fourth-order valence-corrected chi connectivity index (χ4v) is 3.56. The summed E-state index contributed by atoms with van der Waals surface area (Å²) in [6.07, 6.45) is 0.595. The summed E-state index contributed by atoms with van der Waals surface area (Å²) >= 11 is 6.21. The lowest BCUT2D eigenvalue weighted by Gasteiger charge is -2.25. The number of urea groups is 1. The lowest BCUT2D eigenvalue weighted by atomic mass is 10.0. The number of hydrogen-bond donors (Lipinski definition) is 1. The molecule has 2 aliphatic rings. The van der Waals surface area contributed by atoms with Gasteiger partial charge in [0.2, 0.25) is 0 Å². The number of benzene rings is 1. The third-order valence-electron chi connectivity index (χ3n) is 4.47. The van der Waals surface area contributed by atoms with Gasteiger partial charge in [-0.05, 0) is 31.5 Å². The summed E-state index contributed by atoms with van der Waals surface area (Å²) in [4.78, 5) is 16.1. The van der Waals surface area contributed by atoms with Gasteiger partial charge in [-0.2, -0.15) is 5.26 Å². The largest absolute Gasteiger partial charge is 0.411 e. The Balaban J connectivity index is 2.06. The zero-order valence-electron chi connectivity index (χ0n) is 12.2. The number of nitrogens with zero attached hydrogens (tertiary/aromatic N) is 4. The molecule has 3 rings (SSSR count). The first-order valence-electron chi connectivity index (χ1n) is 7.01. The van der Waals surface area contributed by atoms with Gasteiger partial charge in [0.1, 0.15) is 6.07 Å². The number of carbonyl (C=O) groups is 1. The van der Waals surface area contributed by atoms with Crippen molar-refractivity contribution in [1.82, 2.24) is 4.90 Å². The molecule has 0 saturated carbocycles. The molecule has 7 heteroatoms. The number of fused-ring (bicyclic) bond motifs is 1. The average Bonchev–Trinajstić information content (AvgIpc) is 3.04. The van der Waals surface area contributed by atoms with Crippen LogP contribution in [-0.4, -0.2) is 40.5 Å². The number of rotatable bonds is 1. The van der Waals surface area contributed by atoms with Crippen LogP contribution in [0.1, 0.15) is 24.5 Å². The first-order chi connectivity index (χ1) is 10.5. The van der Waals surface area contributed by atoms with Crippen molar-refractivity contribution in [2.75, 3.05) is 11.4 Å². The molecule has 0 spiro atoms. The quantitative estimate of drug-likeness (QED) is 0.638.